The minimum Gasteiger partial charge on any atom is -0.497 e. The predicted molar refractivity (Wildman–Crippen MR) is 109 cm³/mol. The molecule has 1 aromatic heterocycles. The van der Waals surface area contributed by atoms with Crippen molar-refractivity contribution in [2.75, 3.05) is 12.0 Å². The molecule has 2 amide bonds. The molecule has 1 aliphatic carbocycles. The third-order valence-electron chi connectivity index (χ3n) is 5.06. The van der Waals surface area contributed by atoms with Gasteiger partial charge in [-0.25, -0.2) is 0 Å². The highest BCUT2D eigenvalue weighted by Gasteiger charge is 2.48. The van der Waals surface area contributed by atoms with E-state index in [9.17, 15) is 22.8 Å². The minimum atomic E-state index is -5.15. The topological polar surface area (TPSA) is 58.6 Å². The van der Waals surface area contributed by atoms with Crippen LogP contribution in [0.25, 0.3) is 0 Å². The Balaban J connectivity index is 2.04. The molecule has 1 heterocycles. The number of carbonyl (C=O) groups excluding carboxylic acids is 2. The van der Waals surface area contributed by atoms with E-state index in [2.05, 4.69) is 5.32 Å². The molecule has 0 bridgehead atoms. The van der Waals surface area contributed by atoms with Crippen LogP contribution in [-0.4, -0.2) is 31.1 Å². The molecule has 0 unspecified atom stereocenters. The summed E-state index contributed by atoms with van der Waals surface area (Å²) in [6, 6.07) is 7.38. The lowest BCUT2D eigenvalue weighted by Gasteiger charge is -2.33. The Morgan fingerprint density at radius 2 is 1.90 bits per heavy atom. The number of nitrogens with one attached hydrogen (secondary N) is 1. The zero-order valence-electron chi connectivity index (χ0n) is 16.4. The largest absolute Gasteiger partial charge is 0.497 e. The van der Waals surface area contributed by atoms with E-state index in [1.54, 1.807) is 23.6 Å². The van der Waals surface area contributed by atoms with Crippen molar-refractivity contribution in [1.82, 2.24) is 5.32 Å². The second-order valence-corrected chi connectivity index (χ2v) is 8.12. The number of hydrogen-bond donors (Lipinski definition) is 1. The number of methoxy groups -OCH3 is 1. The van der Waals surface area contributed by atoms with Crippen LogP contribution in [0, 0.1) is 0 Å². The van der Waals surface area contributed by atoms with E-state index >= 15 is 0 Å². The molecular formula is C21H23F3N2O3S. The van der Waals surface area contributed by atoms with Crippen molar-refractivity contribution >= 4 is 28.8 Å². The standard InChI is InChI=1S/C21H23F3N2O3S/c1-29-16-10-5-9-15(13-16)26(20(28)21(22,23)24)18(17-11-6-12-30-17)19(27)25-14-7-3-2-4-8-14/h5-6,9-14,18H,2-4,7-8H2,1H3,(H,25,27)/t18-/m0/s1. The lowest BCUT2D eigenvalue weighted by molar-refractivity contribution is -0.171. The maximum atomic E-state index is 13.5. The fraction of sp³-hybridized carbons (Fsp3) is 0.429. The number of alkyl halides is 3. The first-order valence-electron chi connectivity index (χ1n) is 9.69. The summed E-state index contributed by atoms with van der Waals surface area (Å²) in [5, 5.41) is 4.53. The summed E-state index contributed by atoms with van der Waals surface area (Å²) in [4.78, 5) is 26.6. The van der Waals surface area contributed by atoms with Gasteiger partial charge in [-0.15, -0.1) is 11.3 Å². The summed E-state index contributed by atoms with van der Waals surface area (Å²) in [5.41, 5.74) is -0.0612. The summed E-state index contributed by atoms with van der Waals surface area (Å²) in [7, 11) is 1.38. The number of hydrogen-bond acceptors (Lipinski definition) is 4. The van der Waals surface area contributed by atoms with Crippen molar-refractivity contribution in [1.29, 1.82) is 0 Å². The molecule has 1 saturated carbocycles. The van der Waals surface area contributed by atoms with Gasteiger partial charge in [0.15, 0.2) is 6.04 Å². The fourth-order valence-electron chi connectivity index (χ4n) is 3.63. The van der Waals surface area contributed by atoms with Crippen molar-refractivity contribution in [2.24, 2.45) is 0 Å². The van der Waals surface area contributed by atoms with Crippen molar-refractivity contribution in [3.05, 3.63) is 46.7 Å². The molecule has 1 fully saturated rings. The van der Waals surface area contributed by atoms with Crippen LogP contribution in [0.4, 0.5) is 18.9 Å². The Morgan fingerprint density at radius 1 is 1.17 bits per heavy atom. The second kappa shape index (κ2) is 9.51. The maximum Gasteiger partial charge on any atom is 0.471 e. The molecule has 1 aliphatic rings. The van der Waals surface area contributed by atoms with Gasteiger partial charge in [0.1, 0.15) is 5.75 Å². The van der Waals surface area contributed by atoms with Crippen LogP contribution >= 0.6 is 11.3 Å². The number of anilines is 1. The lowest BCUT2D eigenvalue weighted by atomic mass is 9.95. The first-order valence-corrected chi connectivity index (χ1v) is 10.6. The Hall–Kier alpha value is -2.55. The van der Waals surface area contributed by atoms with E-state index in [4.69, 9.17) is 4.74 Å². The summed E-state index contributed by atoms with van der Waals surface area (Å²) >= 11 is 1.13. The number of halogens is 3. The van der Waals surface area contributed by atoms with E-state index in [1.165, 1.54) is 25.3 Å². The van der Waals surface area contributed by atoms with Crippen molar-refractivity contribution < 1.29 is 27.5 Å². The van der Waals surface area contributed by atoms with E-state index < -0.39 is 24.0 Å². The third kappa shape index (κ3) is 5.13. The highest BCUT2D eigenvalue weighted by atomic mass is 32.1. The second-order valence-electron chi connectivity index (χ2n) is 7.14. The molecule has 1 N–H and O–H groups in total. The molecule has 162 valence electrons. The van der Waals surface area contributed by atoms with E-state index in [-0.39, 0.29) is 17.5 Å². The van der Waals surface area contributed by atoms with E-state index in [1.807, 2.05) is 0 Å². The number of amides is 2. The van der Waals surface area contributed by atoms with Gasteiger partial charge in [-0.05, 0) is 36.4 Å². The van der Waals surface area contributed by atoms with Gasteiger partial charge >= 0.3 is 12.1 Å². The van der Waals surface area contributed by atoms with Gasteiger partial charge in [-0.2, -0.15) is 13.2 Å². The highest BCUT2D eigenvalue weighted by Crippen LogP contribution is 2.36. The van der Waals surface area contributed by atoms with Crippen LogP contribution in [0.5, 0.6) is 5.75 Å². The van der Waals surface area contributed by atoms with Crippen molar-refractivity contribution in [3.8, 4) is 5.75 Å². The summed E-state index contributed by atoms with van der Waals surface area (Å²) < 4.78 is 45.7. The van der Waals surface area contributed by atoms with Crippen molar-refractivity contribution in [2.45, 2.75) is 50.4 Å². The predicted octanol–water partition coefficient (Wildman–Crippen LogP) is 4.84. The Kier molecular flexibility index (Phi) is 7.02. The number of thiophene rings is 1. The van der Waals surface area contributed by atoms with Gasteiger partial charge in [-0.1, -0.05) is 31.4 Å². The van der Waals surface area contributed by atoms with Gasteiger partial charge in [0.2, 0.25) is 5.91 Å². The lowest BCUT2D eigenvalue weighted by Crippen LogP contribution is -2.50. The smallest absolute Gasteiger partial charge is 0.471 e. The maximum absolute atomic E-state index is 13.5. The number of benzene rings is 1. The Bertz CT molecular complexity index is 865. The monoisotopic (exact) mass is 440 g/mol. The summed E-state index contributed by atoms with van der Waals surface area (Å²) in [6.07, 6.45) is -0.622. The number of carbonyl (C=O) groups is 2. The zero-order valence-corrected chi connectivity index (χ0v) is 17.3. The normalized spacial score (nSPS) is 16.0. The minimum absolute atomic E-state index is 0.0612. The zero-order chi connectivity index (χ0) is 21.7. The number of rotatable bonds is 6. The van der Waals surface area contributed by atoms with Crippen molar-refractivity contribution in [3.63, 3.8) is 0 Å². The van der Waals surface area contributed by atoms with Gasteiger partial charge < -0.3 is 10.1 Å². The quantitative estimate of drug-likeness (QED) is 0.699. The van der Waals surface area contributed by atoms with Crippen LogP contribution in [0.15, 0.2) is 41.8 Å². The van der Waals surface area contributed by atoms with Gasteiger partial charge in [0.05, 0.1) is 7.11 Å². The summed E-state index contributed by atoms with van der Waals surface area (Å²) in [6.45, 7) is 0. The number of nitrogens with zero attached hydrogens (tertiary/aromatic N) is 1. The number of ether oxygens (including phenoxy) is 1. The third-order valence-corrected chi connectivity index (χ3v) is 5.99. The van der Waals surface area contributed by atoms with Crippen LogP contribution in [0.3, 0.4) is 0 Å². The molecule has 30 heavy (non-hydrogen) atoms. The molecular weight excluding hydrogens is 417 g/mol. The molecule has 9 heteroatoms. The van der Waals surface area contributed by atoms with Gasteiger partial charge in [-0.3, -0.25) is 14.5 Å². The summed E-state index contributed by atoms with van der Waals surface area (Å²) in [5.74, 6) is -2.44. The van der Waals surface area contributed by atoms with Crippen LogP contribution < -0.4 is 15.0 Å². The molecule has 0 saturated heterocycles. The average molecular weight is 440 g/mol. The molecule has 1 aromatic carbocycles. The van der Waals surface area contributed by atoms with E-state index in [0.717, 1.165) is 43.4 Å². The SMILES string of the molecule is COc1cccc(N(C(=O)C(F)(F)F)[C@H](C(=O)NC2CCCCC2)c2cccs2)c1. The van der Waals surface area contributed by atoms with Gasteiger partial charge in [0, 0.05) is 22.7 Å². The van der Waals surface area contributed by atoms with Crippen LogP contribution in [0.2, 0.25) is 0 Å². The molecule has 0 radical (unpaired) electrons. The van der Waals surface area contributed by atoms with E-state index in [0.29, 0.717) is 9.78 Å². The molecule has 3 rings (SSSR count). The van der Waals surface area contributed by atoms with Crippen LogP contribution in [0.1, 0.15) is 43.0 Å². The van der Waals surface area contributed by atoms with Crippen LogP contribution in [-0.2, 0) is 9.59 Å². The molecule has 0 aliphatic heterocycles. The molecule has 2 aromatic rings. The average Bonchev–Trinajstić information content (AvgIpc) is 3.25. The molecule has 0 spiro atoms. The fourth-order valence-corrected chi connectivity index (χ4v) is 4.44. The Morgan fingerprint density at radius 3 is 2.50 bits per heavy atom. The first kappa shape index (κ1) is 22.1. The highest BCUT2D eigenvalue weighted by molar-refractivity contribution is 7.10. The van der Waals surface area contributed by atoms with Gasteiger partial charge in [0.25, 0.3) is 0 Å². The Labute approximate surface area is 176 Å². The molecule has 1 atom stereocenters. The molecule has 5 nitrogen and oxygen atoms in total. The first-order chi connectivity index (χ1) is 14.3.